The molecule has 0 amide bonds. The first-order chi connectivity index (χ1) is 21.9. The number of halogens is 3. The van der Waals surface area contributed by atoms with Crippen LogP contribution in [0, 0.1) is 6.92 Å². The molecule has 45 heavy (non-hydrogen) atoms. The summed E-state index contributed by atoms with van der Waals surface area (Å²) in [5, 5.41) is 9.21. The van der Waals surface area contributed by atoms with Gasteiger partial charge in [0, 0.05) is 0 Å². The second-order valence-electron chi connectivity index (χ2n) is 11.7. The number of rotatable bonds is 3. The number of hydrogen-bond donors (Lipinski definition) is 0. The minimum Gasteiger partial charge on any atom is -0.166 e. The van der Waals surface area contributed by atoms with Crippen molar-refractivity contribution in [1.29, 1.82) is 0 Å². The summed E-state index contributed by atoms with van der Waals surface area (Å²) in [7, 11) is 0. The topological polar surface area (TPSA) is 0 Å². The molecule has 0 aromatic heterocycles. The van der Waals surface area contributed by atoms with E-state index in [0.29, 0.717) is 0 Å². The van der Waals surface area contributed by atoms with Crippen LogP contribution in [-0.4, -0.2) is 0 Å². The fraction of sp³-hybridized carbons (Fsp3) is 0.0476. The molecule has 0 atom stereocenters. The van der Waals surface area contributed by atoms with Crippen LogP contribution < -0.4 is 0 Å². The second kappa shape index (κ2) is 10.3. The Morgan fingerprint density at radius 3 is 1.62 bits per heavy atom. The van der Waals surface area contributed by atoms with Crippen molar-refractivity contribution in [2.45, 2.75) is 13.1 Å². The lowest BCUT2D eigenvalue weighted by atomic mass is 9.83. The Morgan fingerprint density at radius 2 is 0.933 bits per heavy atom. The van der Waals surface area contributed by atoms with Crippen molar-refractivity contribution in [3.05, 3.63) is 157 Å². The van der Waals surface area contributed by atoms with Gasteiger partial charge in [0.1, 0.15) is 0 Å². The maximum atomic E-state index is 13.4. The first-order valence-corrected chi connectivity index (χ1v) is 15.0. The average Bonchev–Trinajstić information content (AvgIpc) is 3.07. The highest BCUT2D eigenvalue weighted by molar-refractivity contribution is 6.26. The lowest BCUT2D eigenvalue weighted by molar-refractivity contribution is -0.137. The van der Waals surface area contributed by atoms with Crippen LogP contribution in [0.5, 0.6) is 0 Å². The van der Waals surface area contributed by atoms with E-state index in [0.717, 1.165) is 67.1 Å². The van der Waals surface area contributed by atoms with Crippen LogP contribution >= 0.6 is 0 Å². The summed E-state index contributed by atoms with van der Waals surface area (Å²) in [6.45, 7) is 2.08. The molecule has 0 N–H and O–H groups in total. The average molecular weight is 589 g/mol. The standard InChI is InChI=1S/C42H27F3/c1-26-14-16-28(17-15-26)40-35-12-6-7-13-36(35)41(38-25-30-8-2-3-9-32(30)33-10-4-5-11-34(33)38)37-23-20-29(24-39(37)40)27-18-21-31(22-19-27)42(43,44)45/h2-25H,1H3. The fourth-order valence-electron chi connectivity index (χ4n) is 6.79. The molecule has 0 heterocycles. The van der Waals surface area contributed by atoms with Crippen molar-refractivity contribution < 1.29 is 13.2 Å². The van der Waals surface area contributed by atoms with E-state index in [1.54, 1.807) is 12.1 Å². The summed E-state index contributed by atoms with van der Waals surface area (Å²) in [6, 6.07) is 48.3. The summed E-state index contributed by atoms with van der Waals surface area (Å²) < 4.78 is 40.1. The first-order valence-electron chi connectivity index (χ1n) is 15.0. The van der Waals surface area contributed by atoms with Crippen LogP contribution in [0.25, 0.3) is 76.5 Å². The van der Waals surface area contributed by atoms with Crippen molar-refractivity contribution >= 4 is 43.1 Å². The summed E-state index contributed by atoms with van der Waals surface area (Å²) in [5.41, 5.74) is 6.66. The van der Waals surface area contributed by atoms with Gasteiger partial charge in [-0.05, 0) is 108 Å². The molecule has 0 unspecified atom stereocenters. The molecule has 0 aliphatic rings. The summed E-state index contributed by atoms with van der Waals surface area (Å²) in [5.74, 6) is 0. The highest BCUT2D eigenvalue weighted by Gasteiger charge is 2.30. The lowest BCUT2D eigenvalue weighted by Crippen LogP contribution is -2.03. The maximum Gasteiger partial charge on any atom is 0.416 e. The molecule has 8 aromatic carbocycles. The minimum atomic E-state index is -4.38. The van der Waals surface area contributed by atoms with Gasteiger partial charge < -0.3 is 0 Å². The largest absolute Gasteiger partial charge is 0.416 e. The van der Waals surface area contributed by atoms with Gasteiger partial charge in [0.2, 0.25) is 0 Å². The van der Waals surface area contributed by atoms with Crippen molar-refractivity contribution in [1.82, 2.24) is 0 Å². The summed E-state index contributed by atoms with van der Waals surface area (Å²) in [4.78, 5) is 0. The van der Waals surface area contributed by atoms with E-state index in [2.05, 4.69) is 122 Å². The number of alkyl halides is 3. The molecule has 0 aliphatic heterocycles. The zero-order valence-corrected chi connectivity index (χ0v) is 24.5. The van der Waals surface area contributed by atoms with Gasteiger partial charge in [0.05, 0.1) is 5.56 Å². The lowest BCUT2D eigenvalue weighted by Gasteiger charge is -2.20. The molecule has 0 saturated heterocycles. The molecule has 0 fully saturated rings. The predicted octanol–water partition coefficient (Wildman–Crippen LogP) is 12.6. The SMILES string of the molecule is Cc1ccc(-c2c3ccccc3c(-c3cc4ccccc4c4ccccc34)c3ccc(-c4ccc(C(F)(F)F)cc4)cc23)cc1. The molecule has 0 spiro atoms. The second-order valence-corrected chi connectivity index (χ2v) is 11.7. The molecule has 0 radical (unpaired) electrons. The van der Waals surface area contributed by atoms with Gasteiger partial charge in [-0.15, -0.1) is 0 Å². The van der Waals surface area contributed by atoms with Gasteiger partial charge in [-0.25, -0.2) is 0 Å². The van der Waals surface area contributed by atoms with Gasteiger partial charge in [-0.3, -0.25) is 0 Å². The smallest absolute Gasteiger partial charge is 0.166 e. The Balaban J connectivity index is 1.50. The Morgan fingerprint density at radius 1 is 0.400 bits per heavy atom. The third-order valence-electron chi connectivity index (χ3n) is 8.95. The minimum absolute atomic E-state index is 0.649. The molecule has 8 rings (SSSR count). The summed E-state index contributed by atoms with van der Waals surface area (Å²) >= 11 is 0. The van der Waals surface area contributed by atoms with Crippen LogP contribution in [0.15, 0.2) is 146 Å². The molecule has 0 nitrogen and oxygen atoms in total. The van der Waals surface area contributed by atoms with Gasteiger partial charge in [0.25, 0.3) is 0 Å². The van der Waals surface area contributed by atoms with Crippen LogP contribution in [0.1, 0.15) is 11.1 Å². The van der Waals surface area contributed by atoms with E-state index in [4.69, 9.17) is 0 Å². The molecule has 8 aromatic rings. The molecule has 216 valence electrons. The van der Waals surface area contributed by atoms with E-state index in [-0.39, 0.29) is 0 Å². The monoisotopic (exact) mass is 588 g/mol. The van der Waals surface area contributed by atoms with E-state index < -0.39 is 11.7 Å². The van der Waals surface area contributed by atoms with Gasteiger partial charge in [-0.2, -0.15) is 13.2 Å². The van der Waals surface area contributed by atoms with Crippen molar-refractivity contribution in [2.24, 2.45) is 0 Å². The molecular formula is C42H27F3. The number of fused-ring (bicyclic) bond motifs is 5. The van der Waals surface area contributed by atoms with E-state index in [1.165, 1.54) is 27.1 Å². The molecule has 3 heteroatoms. The van der Waals surface area contributed by atoms with Gasteiger partial charge in [0.15, 0.2) is 0 Å². The Labute approximate surface area is 259 Å². The highest BCUT2D eigenvalue weighted by atomic mass is 19.4. The molecular weight excluding hydrogens is 561 g/mol. The first kappa shape index (κ1) is 27.2. The van der Waals surface area contributed by atoms with E-state index in [9.17, 15) is 13.2 Å². The van der Waals surface area contributed by atoms with Crippen molar-refractivity contribution in [2.75, 3.05) is 0 Å². The summed E-state index contributed by atoms with van der Waals surface area (Å²) in [6.07, 6.45) is -4.38. The van der Waals surface area contributed by atoms with Crippen LogP contribution in [-0.2, 0) is 6.18 Å². The number of aryl methyl sites for hydroxylation is 1. The zero-order chi connectivity index (χ0) is 30.7. The van der Waals surface area contributed by atoms with Gasteiger partial charge in [-0.1, -0.05) is 127 Å². The normalized spacial score (nSPS) is 12.0. The van der Waals surface area contributed by atoms with Gasteiger partial charge >= 0.3 is 6.18 Å². The van der Waals surface area contributed by atoms with Crippen LogP contribution in [0.2, 0.25) is 0 Å². The zero-order valence-electron chi connectivity index (χ0n) is 24.5. The van der Waals surface area contributed by atoms with Crippen LogP contribution in [0.3, 0.4) is 0 Å². The number of hydrogen-bond acceptors (Lipinski definition) is 0. The third kappa shape index (κ3) is 4.55. The van der Waals surface area contributed by atoms with Crippen LogP contribution in [0.4, 0.5) is 13.2 Å². The number of benzene rings is 8. The third-order valence-corrected chi connectivity index (χ3v) is 8.95. The van der Waals surface area contributed by atoms with E-state index >= 15 is 0 Å². The van der Waals surface area contributed by atoms with E-state index in [1.807, 2.05) is 6.07 Å². The molecule has 0 aliphatic carbocycles. The highest BCUT2D eigenvalue weighted by Crippen LogP contribution is 2.47. The quantitative estimate of drug-likeness (QED) is 0.142. The Hall–Kier alpha value is -5.41. The molecule has 0 saturated carbocycles. The Bertz CT molecular complexity index is 2400. The maximum absolute atomic E-state index is 13.4. The fourth-order valence-corrected chi connectivity index (χ4v) is 6.79. The Kier molecular flexibility index (Phi) is 6.25. The molecule has 0 bridgehead atoms. The van der Waals surface area contributed by atoms with Crippen molar-refractivity contribution in [3.8, 4) is 33.4 Å². The van der Waals surface area contributed by atoms with Crippen molar-refractivity contribution in [3.63, 3.8) is 0 Å². The predicted molar refractivity (Wildman–Crippen MR) is 183 cm³/mol.